The first-order chi connectivity index (χ1) is 7.58. The van der Waals surface area contributed by atoms with E-state index < -0.39 is 0 Å². The topological polar surface area (TPSA) is 52.0 Å². The fraction of sp³-hybridized carbons (Fsp3) is 0.462. The summed E-state index contributed by atoms with van der Waals surface area (Å²) in [6, 6.07) is 5.85. The fourth-order valence-electron chi connectivity index (χ4n) is 1.87. The van der Waals surface area contributed by atoms with Crippen molar-refractivity contribution >= 4 is 11.1 Å². The molecule has 1 aromatic heterocycles. The van der Waals surface area contributed by atoms with Gasteiger partial charge in [0.15, 0.2) is 5.58 Å². The Kier molecular flexibility index (Phi) is 2.97. The van der Waals surface area contributed by atoms with Crippen LogP contribution in [0.5, 0.6) is 0 Å². The van der Waals surface area contributed by atoms with Crippen molar-refractivity contribution in [2.24, 2.45) is 11.7 Å². The van der Waals surface area contributed by atoms with Gasteiger partial charge in [-0.1, -0.05) is 26.0 Å². The van der Waals surface area contributed by atoms with Crippen LogP contribution in [0.15, 0.2) is 22.6 Å². The van der Waals surface area contributed by atoms with Gasteiger partial charge in [-0.15, -0.1) is 0 Å². The second kappa shape index (κ2) is 4.26. The predicted octanol–water partition coefficient (Wildman–Crippen LogP) is 3.18. The van der Waals surface area contributed by atoms with E-state index in [4.69, 9.17) is 10.2 Å². The highest BCUT2D eigenvalue weighted by atomic mass is 16.3. The third-order valence-corrected chi connectivity index (χ3v) is 2.67. The Morgan fingerprint density at radius 2 is 2.12 bits per heavy atom. The van der Waals surface area contributed by atoms with Crippen LogP contribution in [0.2, 0.25) is 0 Å². The molecule has 1 heterocycles. The van der Waals surface area contributed by atoms with Crippen LogP contribution in [0.3, 0.4) is 0 Å². The van der Waals surface area contributed by atoms with Gasteiger partial charge in [0.2, 0.25) is 5.89 Å². The van der Waals surface area contributed by atoms with Gasteiger partial charge >= 0.3 is 0 Å². The van der Waals surface area contributed by atoms with Crippen molar-refractivity contribution < 1.29 is 4.42 Å². The largest absolute Gasteiger partial charge is 0.439 e. The van der Waals surface area contributed by atoms with Crippen molar-refractivity contribution in [1.29, 1.82) is 0 Å². The Labute approximate surface area is 95.7 Å². The molecule has 2 aromatic rings. The quantitative estimate of drug-likeness (QED) is 0.860. The summed E-state index contributed by atoms with van der Waals surface area (Å²) < 4.78 is 5.73. The Morgan fingerprint density at radius 3 is 2.75 bits per heavy atom. The van der Waals surface area contributed by atoms with E-state index in [0.29, 0.717) is 11.8 Å². The summed E-state index contributed by atoms with van der Waals surface area (Å²) >= 11 is 0. The highest BCUT2D eigenvalue weighted by Crippen LogP contribution is 2.24. The van der Waals surface area contributed by atoms with Gasteiger partial charge in [0, 0.05) is 0 Å². The fourth-order valence-corrected chi connectivity index (χ4v) is 1.87. The Morgan fingerprint density at radius 1 is 1.38 bits per heavy atom. The molecule has 0 bridgehead atoms. The van der Waals surface area contributed by atoms with Crippen molar-refractivity contribution in [1.82, 2.24) is 4.98 Å². The third-order valence-electron chi connectivity index (χ3n) is 2.67. The first kappa shape index (κ1) is 11.1. The van der Waals surface area contributed by atoms with Gasteiger partial charge in [-0.25, -0.2) is 4.98 Å². The number of hydrogen-bond donors (Lipinski definition) is 1. The maximum atomic E-state index is 6.05. The van der Waals surface area contributed by atoms with Crippen LogP contribution in [0, 0.1) is 12.8 Å². The molecule has 2 rings (SSSR count). The first-order valence-corrected chi connectivity index (χ1v) is 5.69. The number of nitrogens with zero attached hydrogens (tertiary/aromatic N) is 1. The lowest BCUT2D eigenvalue weighted by atomic mass is 10.0. The first-order valence-electron chi connectivity index (χ1n) is 5.69. The molecule has 3 nitrogen and oxygen atoms in total. The highest BCUT2D eigenvalue weighted by Gasteiger charge is 2.15. The van der Waals surface area contributed by atoms with Crippen LogP contribution in [-0.2, 0) is 0 Å². The number of benzene rings is 1. The van der Waals surface area contributed by atoms with Crippen molar-refractivity contribution in [3.8, 4) is 0 Å². The van der Waals surface area contributed by atoms with E-state index in [-0.39, 0.29) is 6.04 Å². The van der Waals surface area contributed by atoms with Gasteiger partial charge < -0.3 is 10.2 Å². The Bertz CT molecular complexity index is 488. The lowest BCUT2D eigenvalue weighted by Gasteiger charge is -2.09. The third kappa shape index (κ3) is 2.09. The van der Waals surface area contributed by atoms with Crippen LogP contribution in [0.25, 0.3) is 11.1 Å². The molecule has 1 aromatic carbocycles. The molecule has 0 aliphatic carbocycles. The minimum atomic E-state index is -0.105. The smallest absolute Gasteiger partial charge is 0.212 e. The molecule has 3 heteroatoms. The summed E-state index contributed by atoms with van der Waals surface area (Å²) in [6.45, 7) is 6.31. The van der Waals surface area contributed by atoms with Crippen molar-refractivity contribution in [3.63, 3.8) is 0 Å². The minimum Gasteiger partial charge on any atom is -0.439 e. The molecule has 0 amide bonds. The van der Waals surface area contributed by atoms with Gasteiger partial charge in [0.05, 0.1) is 6.04 Å². The molecule has 0 aliphatic rings. The van der Waals surface area contributed by atoms with E-state index in [1.165, 1.54) is 0 Å². The highest BCUT2D eigenvalue weighted by molar-refractivity contribution is 5.76. The second-order valence-electron chi connectivity index (χ2n) is 4.71. The molecule has 2 N–H and O–H groups in total. The summed E-state index contributed by atoms with van der Waals surface area (Å²) in [5.41, 5.74) is 8.91. The van der Waals surface area contributed by atoms with Crippen LogP contribution >= 0.6 is 0 Å². The molecule has 0 aliphatic heterocycles. The van der Waals surface area contributed by atoms with Crippen molar-refractivity contribution in [2.75, 3.05) is 0 Å². The molecule has 0 saturated heterocycles. The summed E-state index contributed by atoms with van der Waals surface area (Å²) in [5.74, 6) is 1.20. The monoisotopic (exact) mass is 218 g/mol. The zero-order chi connectivity index (χ0) is 11.7. The number of fused-ring (bicyclic) bond motifs is 1. The van der Waals surface area contributed by atoms with Crippen LogP contribution < -0.4 is 5.73 Å². The predicted molar refractivity (Wildman–Crippen MR) is 65.1 cm³/mol. The number of oxazole rings is 1. The van der Waals surface area contributed by atoms with E-state index in [9.17, 15) is 0 Å². The molecule has 86 valence electrons. The molecule has 0 radical (unpaired) electrons. The van der Waals surface area contributed by atoms with Gasteiger partial charge in [-0.05, 0) is 30.9 Å². The normalized spacial score (nSPS) is 13.6. The SMILES string of the molecule is Cc1cccc2nc(C(N)CC(C)C)oc12. The van der Waals surface area contributed by atoms with Crippen LogP contribution in [0.1, 0.15) is 37.8 Å². The molecule has 16 heavy (non-hydrogen) atoms. The summed E-state index contributed by atoms with van der Waals surface area (Å²) in [7, 11) is 0. The lowest BCUT2D eigenvalue weighted by Crippen LogP contribution is -2.13. The number of aromatic nitrogens is 1. The standard InChI is InChI=1S/C13H18N2O/c1-8(2)7-10(14)13-15-11-6-4-5-9(3)12(11)16-13/h4-6,8,10H,7,14H2,1-3H3. The molecular weight excluding hydrogens is 200 g/mol. The van der Waals surface area contributed by atoms with Gasteiger partial charge in [-0.3, -0.25) is 0 Å². The molecule has 0 fully saturated rings. The Balaban J connectivity index is 2.36. The number of para-hydroxylation sites is 1. The molecule has 0 spiro atoms. The maximum absolute atomic E-state index is 6.05. The van der Waals surface area contributed by atoms with Gasteiger partial charge in [0.25, 0.3) is 0 Å². The summed E-state index contributed by atoms with van der Waals surface area (Å²) in [4.78, 5) is 4.43. The summed E-state index contributed by atoms with van der Waals surface area (Å²) in [5, 5.41) is 0. The molecule has 1 atom stereocenters. The maximum Gasteiger partial charge on any atom is 0.212 e. The van der Waals surface area contributed by atoms with Crippen molar-refractivity contribution in [3.05, 3.63) is 29.7 Å². The number of nitrogens with two attached hydrogens (primary N) is 1. The van der Waals surface area contributed by atoms with Gasteiger partial charge in [0.1, 0.15) is 5.52 Å². The van der Waals surface area contributed by atoms with E-state index in [1.54, 1.807) is 0 Å². The van der Waals surface area contributed by atoms with E-state index >= 15 is 0 Å². The molecule has 0 saturated carbocycles. The van der Waals surface area contributed by atoms with E-state index in [2.05, 4.69) is 18.8 Å². The number of aryl methyl sites for hydroxylation is 1. The van der Waals surface area contributed by atoms with Crippen LogP contribution in [0.4, 0.5) is 0 Å². The molecular formula is C13H18N2O. The molecule has 1 unspecified atom stereocenters. The van der Waals surface area contributed by atoms with E-state index in [0.717, 1.165) is 23.1 Å². The van der Waals surface area contributed by atoms with Crippen molar-refractivity contribution in [2.45, 2.75) is 33.2 Å². The number of rotatable bonds is 3. The number of hydrogen-bond acceptors (Lipinski definition) is 3. The average Bonchev–Trinajstić information content (AvgIpc) is 2.61. The second-order valence-corrected chi connectivity index (χ2v) is 4.71. The zero-order valence-corrected chi connectivity index (χ0v) is 10.0. The van der Waals surface area contributed by atoms with Crippen LogP contribution in [-0.4, -0.2) is 4.98 Å². The zero-order valence-electron chi connectivity index (χ0n) is 10.0. The lowest BCUT2D eigenvalue weighted by molar-refractivity contribution is 0.417. The van der Waals surface area contributed by atoms with E-state index in [1.807, 2.05) is 25.1 Å². The Hall–Kier alpha value is -1.35. The average molecular weight is 218 g/mol. The summed E-state index contributed by atoms with van der Waals surface area (Å²) in [6.07, 6.45) is 0.895. The minimum absolute atomic E-state index is 0.105. The van der Waals surface area contributed by atoms with Gasteiger partial charge in [-0.2, -0.15) is 0 Å².